The molecule has 4 rings (SSSR count). The maximum Gasteiger partial charge on any atom is 0.285 e. The largest absolute Gasteiger partial charge is 0.355 e. The number of sulfonamides is 1. The van der Waals surface area contributed by atoms with Crippen molar-refractivity contribution in [2.24, 2.45) is 10.3 Å². The van der Waals surface area contributed by atoms with Gasteiger partial charge in [0.1, 0.15) is 10.7 Å². The van der Waals surface area contributed by atoms with Gasteiger partial charge in [-0.25, -0.2) is 4.39 Å². The minimum Gasteiger partial charge on any atom is -0.355 e. The third-order valence-corrected chi connectivity index (χ3v) is 6.82. The average molecular weight is 415 g/mol. The number of carbonyl (C=O) groups excluding carboxylic acids is 1. The van der Waals surface area contributed by atoms with E-state index < -0.39 is 10.0 Å². The van der Waals surface area contributed by atoms with E-state index >= 15 is 0 Å². The first-order valence-corrected chi connectivity index (χ1v) is 11.0. The number of rotatable bonds is 3. The average Bonchev–Trinajstić information content (AvgIpc) is 3.00. The third-order valence-electron chi connectivity index (χ3n) is 5.50. The van der Waals surface area contributed by atoms with Crippen LogP contribution in [0.3, 0.4) is 0 Å². The van der Waals surface area contributed by atoms with E-state index in [0.29, 0.717) is 42.9 Å². The van der Waals surface area contributed by atoms with Gasteiger partial charge in [-0.05, 0) is 31.0 Å². The minimum atomic E-state index is -3.65. The lowest BCUT2D eigenvalue weighted by Crippen LogP contribution is -2.43. The summed E-state index contributed by atoms with van der Waals surface area (Å²) < 4.78 is 42.3. The summed E-state index contributed by atoms with van der Waals surface area (Å²) in [5.74, 6) is -0.0431. The van der Waals surface area contributed by atoms with Gasteiger partial charge in [-0.2, -0.15) is 8.42 Å². The molecule has 0 radical (unpaired) electrons. The van der Waals surface area contributed by atoms with Crippen molar-refractivity contribution >= 4 is 21.8 Å². The van der Waals surface area contributed by atoms with Crippen LogP contribution in [0.15, 0.2) is 57.8 Å². The van der Waals surface area contributed by atoms with Gasteiger partial charge in [0.15, 0.2) is 5.84 Å². The van der Waals surface area contributed by atoms with Crippen molar-refractivity contribution in [3.63, 3.8) is 0 Å². The van der Waals surface area contributed by atoms with Gasteiger partial charge < -0.3 is 9.80 Å². The molecular weight excluding hydrogens is 393 g/mol. The van der Waals surface area contributed by atoms with E-state index in [-0.39, 0.29) is 29.1 Å². The lowest BCUT2D eigenvalue weighted by Gasteiger charge is -2.34. The second-order valence-corrected chi connectivity index (χ2v) is 9.01. The first-order valence-electron chi connectivity index (χ1n) is 9.54. The van der Waals surface area contributed by atoms with E-state index in [1.165, 1.54) is 6.07 Å². The Balaban J connectivity index is 1.41. The van der Waals surface area contributed by atoms with Crippen molar-refractivity contribution in [1.82, 2.24) is 9.80 Å². The zero-order chi connectivity index (χ0) is 20.6. The molecule has 2 aliphatic rings. The van der Waals surface area contributed by atoms with Crippen molar-refractivity contribution in [2.45, 2.75) is 24.3 Å². The molecule has 152 valence electrons. The summed E-state index contributed by atoms with van der Waals surface area (Å²) in [6.45, 7) is 1.32. The van der Waals surface area contributed by atoms with Crippen LogP contribution >= 0.6 is 0 Å². The number of fused-ring (bicyclic) bond motifs is 1. The lowest BCUT2D eigenvalue weighted by atomic mass is 9.94. The number of nitrogens with zero attached hydrogens (tertiary/aromatic N) is 3. The molecule has 0 N–H and O–H groups in total. The van der Waals surface area contributed by atoms with E-state index in [1.54, 1.807) is 54.4 Å². The monoisotopic (exact) mass is 415 g/mol. The Morgan fingerprint density at radius 3 is 2.52 bits per heavy atom. The normalized spacial score (nSPS) is 18.3. The Labute approximate surface area is 169 Å². The summed E-state index contributed by atoms with van der Waals surface area (Å²) in [7, 11) is -1.96. The van der Waals surface area contributed by atoms with E-state index in [1.807, 2.05) is 4.90 Å². The molecule has 0 saturated carbocycles. The summed E-state index contributed by atoms with van der Waals surface area (Å²) in [4.78, 5) is 16.5. The van der Waals surface area contributed by atoms with Gasteiger partial charge in [0.2, 0.25) is 5.91 Å². The highest BCUT2D eigenvalue weighted by Crippen LogP contribution is 2.30. The Morgan fingerprint density at radius 2 is 1.79 bits per heavy atom. The first kappa shape index (κ1) is 19.6. The molecule has 29 heavy (non-hydrogen) atoms. The molecule has 1 saturated heterocycles. The second kappa shape index (κ2) is 7.59. The number of hydrogen-bond donors (Lipinski definition) is 0. The number of halogens is 1. The number of amides is 1. The van der Waals surface area contributed by atoms with Gasteiger partial charge in [0.25, 0.3) is 10.0 Å². The summed E-state index contributed by atoms with van der Waals surface area (Å²) in [6.07, 6.45) is 1.20. The van der Waals surface area contributed by atoms with Gasteiger partial charge in [0.05, 0.1) is 0 Å². The van der Waals surface area contributed by atoms with Crippen LogP contribution in [0.25, 0.3) is 0 Å². The zero-order valence-corrected chi connectivity index (χ0v) is 16.9. The van der Waals surface area contributed by atoms with E-state index in [9.17, 15) is 17.6 Å². The molecule has 2 aromatic carbocycles. The molecule has 0 spiro atoms. The molecule has 8 heteroatoms. The number of hydrogen-bond acceptors (Lipinski definition) is 4. The number of likely N-dealkylation sites (tertiary alicyclic amines) is 1. The van der Waals surface area contributed by atoms with E-state index in [0.717, 1.165) is 0 Å². The standard InChI is InChI=1S/C21H22FN3O3S/c1-24(14-16-6-2-4-8-18(16)22)21(26)15-10-12-25(13-11-15)20-17-7-3-5-9-19(17)29(27,28)23-20/h2-9,15H,10-14H2,1H3. The van der Waals surface area contributed by atoms with E-state index in [4.69, 9.17) is 0 Å². The van der Waals surface area contributed by atoms with Gasteiger partial charge in [0, 0.05) is 43.7 Å². The molecule has 0 unspecified atom stereocenters. The van der Waals surface area contributed by atoms with Crippen molar-refractivity contribution < 1.29 is 17.6 Å². The molecule has 2 aromatic rings. The molecule has 0 atom stereocenters. The Hall–Kier alpha value is -2.74. The minimum absolute atomic E-state index is 0.0192. The van der Waals surface area contributed by atoms with Crippen molar-refractivity contribution in [1.29, 1.82) is 0 Å². The molecule has 2 aliphatic heterocycles. The Morgan fingerprint density at radius 1 is 1.14 bits per heavy atom. The van der Waals surface area contributed by atoms with Crippen LogP contribution in [-0.2, 0) is 21.4 Å². The molecule has 1 amide bonds. The fraction of sp³-hybridized carbons (Fsp3) is 0.333. The Bertz CT molecular complexity index is 1080. The van der Waals surface area contributed by atoms with Gasteiger partial charge in [-0.15, -0.1) is 4.40 Å². The van der Waals surface area contributed by atoms with Crippen LogP contribution in [0.2, 0.25) is 0 Å². The van der Waals surface area contributed by atoms with Crippen LogP contribution in [0.4, 0.5) is 4.39 Å². The van der Waals surface area contributed by atoms with Crippen molar-refractivity contribution in [3.05, 3.63) is 65.5 Å². The summed E-state index contributed by atoms with van der Waals surface area (Å²) >= 11 is 0. The summed E-state index contributed by atoms with van der Waals surface area (Å²) in [6, 6.07) is 13.3. The lowest BCUT2D eigenvalue weighted by molar-refractivity contribution is -0.136. The highest BCUT2D eigenvalue weighted by molar-refractivity contribution is 7.90. The number of carbonyl (C=O) groups is 1. The molecule has 1 fully saturated rings. The van der Waals surface area contributed by atoms with Crippen LogP contribution in [0, 0.1) is 11.7 Å². The Kier molecular flexibility index (Phi) is 5.12. The molecule has 2 heterocycles. The van der Waals surface area contributed by atoms with Crippen LogP contribution < -0.4 is 0 Å². The maximum absolute atomic E-state index is 13.9. The van der Waals surface area contributed by atoms with Crippen LogP contribution in [-0.4, -0.2) is 50.1 Å². The van der Waals surface area contributed by atoms with Crippen molar-refractivity contribution in [2.75, 3.05) is 20.1 Å². The van der Waals surface area contributed by atoms with Crippen LogP contribution in [0.5, 0.6) is 0 Å². The molecule has 0 aliphatic carbocycles. The highest BCUT2D eigenvalue weighted by Gasteiger charge is 2.35. The summed E-state index contributed by atoms with van der Waals surface area (Å²) in [5.41, 5.74) is 1.11. The number of piperidine rings is 1. The second-order valence-electron chi connectivity index (χ2n) is 7.43. The maximum atomic E-state index is 13.9. The molecular formula is C21H22FN3O3S. The molecule has 0 aromatic heterocycles. The quantitative estimate of drug-likeness (QED) is 0.773. The zero-order valence-electron chi connectivity index (χ0n) is 16.1. The van der Waals surface area contributed by atoms with Gasteiger partial charge >= 0.3 is 0 Å². The predicted molar refractivity (Wildman–Crippen MR) is 107 cm³/mol. The smallest absolute Gasteiger partial charge is 0.285 e. The van der Waals surface area contributed by atoms with Gasteiger partial charge in [-0.1, -0.05) is 30.3 Å². The van der Waals surface area contributed by atoms with Crippen molar-refractivity contribution in [3.8, 4) is 0 Å². The van der Waals surface area contributed by atoms with E-state index in [2.05, 4.69) is 4.40 Å². The number of benzene rings is 2. The number of amidine groups is 1. The first-order chi connectivity index (χ1) is 13.9. The SMILES string of the molecule is CN(Cc1ccccc1F)C(=O)C1CCN(C2=NS(=O)(=O)c3ccccc32)CC1. The highest BCUT2D eigenvalue weighted by atomic mass is 32.2. The van der Waals surface area contributed by atoms with Gasteiger partial charge in [-0.3, -0.25) is 4.79 Å². The summed E-state index contributed by atoms with van der Waals surface area (Å²) in [5, 5.41) is 0. The molecule has 0 bridgehead atoms. The fourth-order valence-corrected chi connectivity index (χ4v) is 5.15. The molecule has 6 nitrogen and oxygen atoms in total. The fourth-order valence-electron chi connectivity index (χ4n) is 3.93. The predicted octanol–water partition coefficient (Wildman–Crippen LogP) is 2.65. The topological polar surface area (TPSA) is 70.1 Å². The van der Waals surface area contributed by atoms with Crippen LogP contribution in [0.1, 0.15) is 24.0 Å². The third kappa shape index (κ3) is 3.76.